The molecule has 0 aliphatic heterocycles. The number of nitrogens with zero attached hydrogens (tertiary/aromatic N) is 4. The van der Waals surface area contributed by atoms with Crippen LogP contribution in [0.4, 0.5) is 0 Å². The average Bonchev–Trinajstić information content (AvgIpc) is 3.36. The van der Waals surface area contributed by atoms with Gasteiger partial charge in [0.15, 0.2) is 0 Å². The summed E-state index contributed by atoms with van der Waals surface area (Å²) in [6.45, 7) is 12.8. The van der Waals surface area contributed by atoms with Gasteiger partial charge in [-0.2, -0.15) is 0 Å². The molecule has 33 heavy (non-hydrogen) atoms. The van der Waals surface area contributed by atoms with E-state index in [1.165, 1.54) is 33.3 Å². The first-order valence-electron chi connectivity index (χ1n) is 11.3. The van der Waals surface area contributed by atoms with Crippen LogP contribution in [-0.4, -0.2) is 19.1 Å². The summed E-state index contributed by atoms with van der Waals surface area (Å²) in [6, 6.07) is 4.12. The van der Waals surface area contributed by atoms with Crippen molar-refractivity contribution in [3.63, 3.8) is 0 Å². The third-order valence-corrected chi connectivity index (χ3v) is 6.41. The van der Waals surface area contributed by atoms with Crippen LogP contribution in [0.25, 0.3) is 33.2 Å². The van der Waals surface area contributed by atoms with Gasteiger partial charge in [-0.15, -0.1) is 0 Å². The quantitative estimate of drug-likeness (QED) is 0.301. The number of pyridine rings is 2. The molecule has 0 atom stereocenters. The molecule has 0 saturated heterocycles. The highest BCUT2D eigenvalue weighted by atomic mass is 15.0. The second-order valence-electron chi connectivity index (χ2n) is 8.79. The minimum Gasteiger partial charge on any atom is -0.320 e. The van der Waals surface area contributed by atoms with Gasteiger partial charge in [-0.1, -0.05) is 36.5 Å². The smallest absolute Gasteiger partial charge is 0.0561 e. The molecule has 0 saturated carbocycles. The molecule has 0 radical (unpaired) electrons. The molecule has 0 amide bonds. The van der Waals surface area contributed by atoms with Gasteiger partial charge >= 0.3 is 0 Å². The van der Waals surface area contributed by atoms with Crippen LogP contribution < -0.4 is 0 Å². The standard InChI is InChI=1S/C29H28N4/c1-20(5-6-23(4)32-18-21(2)26-16-30-13-11-28(26)32)15-24-7-9-25(10-8-24)33-19-22(3)27-17-31-14-12-29(27)33/h5-7,9,11-14,16-19H,1,4,8,10,15H2,2-3H3/b6-5-. The van der Waals surface area contributed by atoms with E-state index in [-0.39, 0.29) is 0 Å². The molecule has 4 heteroatoms. The van der Waals surface area contributed by atoms with E-state index in [4.69, 9.17) is 0 Å². The van der Waals surface area contributed by atoms with E-state index >= 15 is 0 Å². The van der Waals surface area contributed by atoms with Crippen LogP contribution in [-0.2, 0) is 0 Å². The number of rotatable bonds is 6. The zero-order chi connectivity index (χ0) is 22.9. The fourth-order valence-corrected chi connectivity index (χ4v) is 4.61. The molecular formula is C29H28N4. The van der Waals surface area contributed by atoms with E-state index in [0.717, 1.165) is 41.4 Å². The molecule has 1 aliphatic rings. The number of hydrogen-bond acceptors (Lipinski definition) is 2. The van der Waals surface area contributed by atoms with Gasteiger partial charge in [0.2, 0.25) is 0 Å². The molecule has 164 valence electrons. The topological polar surface area (TPSA) is 35.6 Å². The van der Waals surface area contributed by atoms with Gasteiger partial charge in [0.25, 0.3) is 0 Å². The van der Waals surface area contributed by atoms with Crippen LogP contribution in [0.15, 0.2) is 97.9 Å². The summed E-state index contributed by atoms with van der Waals surface area (Å²) in [5, 5.41) is 2.37. The molecule has 5 rings (SSSR count). The zero-order valence-electron chi connectivity index (χ0n) is 19.3. The largest absolute Gasteiger partial charge is 0.320 e. The monoisotopic (exact) mass is 432 g/mol. The van der Waals surface area contributed by atoms with Gasteiger partial charge in [-0.05, 0) is 68.5 Å². The molecule has 0 N–H and O–H groups in total. The predicted molar refractivity (Wildman–Crippen MR) is 139 cm³/mol. The summed E-state index contributed by atoms with van der Waals surface area (Å²) in [5.41, 5.74) is 9.54. The lowest BCUT2D eigenvalue weighted by atomic mass is 9.96. The Balaban J connectivity index is 1.28. The summed E-state index contributed by atoms with van der Waals surface area (Å²) >= 11 is 0. The predicted octanol–water partition coefficient (Wildman–Crippen LogP) is 7.24. The highest BCUT2D eigenvalue weighted by Crippen LogP contribution is 2.30. The average molecular weight is 433 g/mol. The molecular weight excluding hydrogens is 404 g/mol. The van der Waals surface area contributed by atoms with Gasteiger partial charge in [0.1, 0.15) is 0 Å². The van der Waals surface area contributed by atoms with Crippen LogP contribution in [0, 0.1) is 13.8 Å². The Morgan fingerprint density at radius 2 is 1.61 bits per heavy atom. The lowest BCUT2D eigenvalue weighted by Crippen LogP contribution is -2.00. The van der Waals surface area contributed by atoms with E-state index in [1.807, 2.05) is 30.9 Å². The minimum absolute atomic E-state index is 0.873. The lowest BCUT2D eigenvalue weighted by Gasteiger charge is -2.17. The zero-order valence-corrected chi connectivity index (χ0v) is 19.3. The van der Waals surface area contributed by atoms with E-state index in [0.29, 0.717) is 0 Å². The first-order valence-corrected chi connectivity index (χ1v) is 11.3. The summed E-state index contributed by atoms with van der Waals surface area (Å²) in [5.74, 6) is 0. The van der Waals surface area contributed by atoms with Crippen molar-refractivity contribution in [1.29, 1.82) is 0 Å². The molecule has 0 unspecified atom stereocenters. The molecule has 4 nitrogen and oxygen atoms in total. The van der Waals surface area contributed by atoms with Gasteiger partial charge in [0.05, 0.1) is 11.0 Å². The SMILES string of the molecule is C=C(/C=C\C(=C)n1cc(C)c2cnccc21)CC1=CC=C(n2cc(C)c3cnccc32)CC1. The number of aryl methyl sites for hydroxylation is 2. The first-order chi connectivity index (χ1) is 16.0. The maximum absolute atomic E-state index is 4.28. The second-order valence-corrected chi connectivity index (χ2v) is 8.79. The summed E-state index contributed by atoms with van der Waals surface area (Å²) in [7, 11) is 0. The third-order valence-electron chi connectivity index (χ3n) is 6.41. The number of fused-ring (bicyclic) bond motifs is 2. The van der Waals surface area contributed by atoms with Crippen molar-refractivity contribution in [2.75, 3.05) is 0 Å². The van der Waals surface area contributed by atoms with Crippen LogP contribution in [0.1, 0.15) is 30.4 Å². The Hall–Kier alpha value is -3.92. The Labute approximate surface area is 194 Å². The summed E-state index contributed by atoms with van der Waals surface area (Å²) in [6.07, 6.45) is 23.4. The third kappa shape index (κ3) is 4.00. The van der Waals surface area contributed by atoms with Crippen molar-refractivity contribution in [1.82, 2.24) is 19.1 Å². The Kier molecular flexibility index (Phi) is 5.43. The van der Waals surface area contributed by atoms with E-state index in [2.05, 4.69) is 88.9 Å². The summed E-state index contributed by atoms with van der Waals surface area (Å²) in [4.78, 5) is 8.51. The van der Waals surface area contributed by atoms with Gasteiger partial charge < -0.3 is 9.13 Å². The van der Waals surface area contributed by atoms with Crippen LogP contribution in [0.3, 0.4) is 0 Å². The Morgan fingerprint density at radius 1 is 0.909 bits per heavy atom. The van der Waals surface area contributed by atoms with Crippen molar-refractivity contribution in [2.24, 2.45) is 0 Å². The molecule has 0 aromatic carbocycles. The van der Waals surface area contributed by atoms with Crippen molar-refractivity contribution < 1.29 is 0 Å². The van der Waals surface area contributed by atoms with Crippen LogP contribution >= 0.6 is 0 Å². The normalized spacial score (nSPS) is 14.1. The first kappa shape index (κ1) is 21.0. The maximum Gasteiger partial charge on any atom is 0.0561 e. The van der Waals surface area contributed by atoms with E-state index in [1.54, 1.807) is 0 Å². The fourth-order valence-electron chi connectivity index (χ4n) is 4.61. The van der Waals surface area contributed by atoms with Crippen LogP contribution in [0.5, 0.6) is 0 Å². The van der Waals surface area contributed by atoms with Crippen LogP contribution in [0.2, 0.25) is 0 Å². The van der Waals surface area contributed by atoms with Gasteiger partial charge in [-0.25, -0.2) is 0 Å². The highest BCUT2D eigenvalue weighted by molar-refractivity contribution is 5.87. The van der Waals surface area contributed by atoms with E-state index < -0.39 is 0 Å². The number of hydrogen-bond donors (Lipinski definition) is 0. The molecule has 4 aromatic rings. The van der Waals surface area contributed by atoms with Crippen molar-refractivity contribution in [3.8, 4) is 0 Å². The van der Waals surface area contributed by atoms with Crippen molar-refractivity contribution in [2.45, 2.75) is 33.1 Å². The fraction of sp³-hybridized carbons (Fsp3) is 0.172. The molecule has 0 fully saturated rings. The molecule has 0 spiro atoms. The van der Waals surface area contributed by atoms with E-state index in [9.17, 15) is 0 Å². The number of aromatic nitrogens is 4. The van der Waals surface area contributed by atoms with Crippen molar-refractivity contribution >= 4 is 33.2 Å². The minimum atomic E-state index is 0.873. The molecule has 4 aromatic heterocycles. The number of allylic oxidation sites excluding steroid dienone is 8. The second kappa shape index (κ2) is 8.55. The maximum atomic E-state index is 4.28. The highest BCUT2D eigenvalue weighted by Gasteiger charge is 2.13. The Morgan fingerprint density at radius 3 is 2.33 bits per heavy atom. The molecule has 4 heterocycles. The summed E-state index contributed by atoms with van der Waals surface area (Å²) < 4.78 is 4.42. The van der Waals surface area contributed by atoms with Gasteiger partial charge in [-0.3, -0.25) is 9.97 Å². The lowest BCUT2D eigenvalue weighted by molar-refractivity contribution is 0.884. The van der Waals surface area contributed by atoms with Crippen molar-refractivity contribution in [3.05, 3.63) is 109 Å². The van der Waals surface area contributed by atoms with Gasteiger partial charge in [0, 0.05) is 59.3 Å². The molecule has 0 bridgehead atoms. The Bertz CT molecular complexity index is 1490. The molecule has 1 aliphatic carbocycles.